The summed E-state index contributed by atoms with van der Waals surface area (Å²) in [7, 11) is -2.57. The molecule has 3 N–H and O–H groups in total. The maximum absolute atomic E-state index is 13.0. The second-order valence-electron chi connectivity index (χ2n) is 9.88. The minimum atomic E-state index is -2.57. The van der Waals surface area contributed by atoms with Gasteiger partial charge >= 0.3 is 0 Å². The first kappa shape index (κ1) is 30.3. The number of piperidine rings is 1. The number of rotatable bonds is 10. The summed E-state index contributed by atoms with van der Waals surface area (Å²) in [5.41, 5.74) is 1.37. The van der Waals surface area contributed by atoms with Gasteiger partial charge in [0.25, 0.3) is 5.91 Å². The molecule has 0 spiro atoms. The number of halogens is 2. The highest BCUT2D eigenvalue weighted by atomic mass is 35.5. The number of amides is 1. The Kier molecular flexibility index (Phi) is 10.6. The van der Waals surface area contributed by atoms with Gasteiger partial charge in [-0.1, -0.05) is 36.1 Å². The molecule has 0 bridgehead atoms. The van der Waals surface area contributed by atoms with Gasteiger partial charge in [-0.15, -0.1) is 0 Å². The zero-order valence-electron chi connectivity index (χ0n) is 23.0. The lowest BCUT2D eigenvalue weighted by atomic mass is 10.1. The Morgan fingerprint density at radius 2 is 1.90 bits per heavy atom. The number of alkyl halides is 1. The predicted molar refractivity (Wildman–Crippen MR) is 163 cm³/mol. The maximum atomic E-state index is 13.0. The van der Waals surface area contributed by atoms with Gasteiger partial charge in [0.1, 0.15) is 17.9 Å². The van der Waals surface area contributed by atoms with Crippen molar-refractivity contribution >= 4 is 58.8 Å². The van der Waals surface area contributed by atoms with Crippen molar-refractivity contribution in [1.82, 2.24) is 14.9 Å². The van der Waals surface area contributed by atoms with Crippen molar-refractivity contribution in [2.75, 3.05) is 55.8 Å². The molecule has 12 heteroatoms. The normalized spacial score (nSPS) is 13.6. The molecule has 41 heavy (non-hydrogen) atoms. The zero-order chi connectivity index (χ0) is 29.2. The number of nitrogens with one attached hydrogen (secondary N) is 3. The van der Waals surface area contributed by atoms with Crippen LogP contribution >= 0.6 is 18.7 Å². The van der Waals surface area contributed by atoms with Crippen LogP contribution < -0.4 is 26.0 Å². The predicted octanol–water partition coefficient (Wildman–Crippen LogP) is 5.99. The van der Waals surface area contributed by atoms with E-state index in [-0.39, 0.29) is 22.4 Å². The lowest BCUT2D eigenvalue weighted by Crippen LogP contribution is -2.30. The first-order valence-electron chi connectivity index (χ1n) is 13.3. The van der Waals surface area contributed by atoms with Crippen molar-refractivity contribution in [2.24, 2.45) is 0 Å². The van der Waals surface area contributed by atoms with E-state index < -0.39 is 19.9 Å². The van der Waals surface area contributed by atoms with Crippen LogP contribution in [0, 0.1) is 11.8 Å². The Hall–Kier alpha value is -3.64. The van der Waals surface area contributed by atoms with E-state index in [2.05, 4.69) is 42.7 Å². The molecule has 216 valence electrons. The van der Waals surface area contributed by atoms with Gasteiger partial charge in [0.2, 0.25) is 12.8 Å². The Morgan fingerprint density at radius 1 is 1.12 bits per heavy atom. The Bertz CT molecular complexity index is 1480. The van der Waals surface area contributed by atoms with Crippen LogP contribution in [0.25, 0.3) is 0 Å². The summed E-state index contributed by atoms with van der Waals surface area (Å²) < 4.78 is 30.8. The van der Waals surface area contributed by atoms with Crippen molar-refractivity contribution in [3.8, 4) is 17.6 Å². The number of benzene rings is 2. The summed E-state index contributed by atoms with van der Waals surface area (Å²) in [4.78, 5) is 23.6. The first-order chi connectivity index (χ1) is 19.7. The van der Waals surface area contributed by atoms with E-state index in [9.17, 15) is 13.8 Å². The molecule has 1 aliphatic heterocycles. The molecular weight excluding hydrogens is 566 g/mol. The average Bonchev–Trinajstić information content (AvgIpc) is 2.95. The van der Waals surface area contributed by atoms with E-state index >= 15 is 0 Å². The van der Waals surface area contributed by atoms with Crippen molar-refractivity contribution in [2.45, 2.75) is 25.7 Å². The highest BCUT2D eigenvalue weighted by molar-refractivity contribution is 7.70. The van der Waals surface area contributed by atoms with Gasteiger partial charge < -0.3 is 30.2 Å². The van der Waals surface area contributed by atoms with Gasteiger partial charge in [-0.05, 0) is 75.5 Å². The van der Waals surface area contributed by atoms with Crippen molar-refractivity contribution in [3.05, 3.63) is 53.7 Å². The second kappa shape index (κ2) is 14.3. The molecule has 0 saturated carbocycles. The van der Waals surface area contributed by atoms with E-state index in [1.165, 1.54) is 31.5 Å². The molecule has 0 unspecified atom stereocenters. The first-order valence-corrected chi connectivity index (χ1v) is 16.3. The number of hydrogen-bond donors (Lipinski definition) is 3. The van der Waals surface area contributed by atoms with Crippen LogP contribution in [0.1, 0.15) is 25.7 Å². The fraction of sp³-hybridized carbons (Fsp3) is 0.345. The van der Waals surface area contributed by atoms with E-state index in [0.29, 0.717) is 28.9 Å². The summed E-state index contributed by atoms with van der Waals surface area (Å²) in [6.45, 7) is 5.29. The highest BCUT2D eigenvalue weighted by Gasteiger charge is 2.17. The number of anilines is 5. The van der Waals surface area contributed by atoms with E-state index in [1.54, 1.807) is 37.6 Å². The summed E-state index contributed by atoms with van der Waals surface area (Å²) >= 11 is 6.35. The molecule has 1 saturated heterocycles. The Labute approximate surface area is 244 Å². The molecule has 9 nitrogen and oxygen atoms in total. The van der Waals surface area contributed by atoms with Gasteiger partial charge in [0.05, 0.1) is 17.6 Å². The third kappa shape index (κ3) is 8.92. The van der Waals surface area contributed by atoms with Crippen LogP contribution in [0.15, 0.2) is 48.7 Å². The fourth-order valence-electron chi connectivity index (χ4n) is 4.40. The molecule has 2 heterocycles. The number of aromatic nitrogens is 2. The minimum Gasteiger partial charge on any atom is -0.461 e. The summed E-state index contributed by atoms with van der Waals surface area (Å²) in [5.74, 6) is 5.66. The quantitative estimate of drug-likeness (QED) is 0.193. The van der Waals surface area contributed by atoms with Gasteiger partial charge in [-0.2, -0.15) is 4.98 Å². The highest BCUT2D eigenvalue weighted by Crippen LogP contribution is 2.38. The third-order valence-corrected chi connectivity index (χ3v) is 8.21. The zero-order valence-corrected chi connectivity index (χ0v) is 24.7. The van der Waals surface area contributed by atoms with Crippen LogP contribution in [0.4, 0.5) is 33.2 Å². The summed E-state index contributed by atoms with van der Waals surface area (Å²) in [6.07, 6.45) is 5.68. The second-order valence-corrected chi connectivity index (χ2v) is 13.5. The van der Waals surface area contributed by atoms with Gasteiger partial charge in [-0.3, -0.25) is 4.79 Å². The number of carbonyl (C=O) groups excluding carboxylic acids is 1. The molecule has 1 aliphatic rings. The molecule has 4 rings (SSSR count). The minimum absolute atomic E-state index is 0.154. The molecule has 0 radical (unpaired) electrons. The van der Waals surface area contributed by atoms with Crippen LogP contribution in [0.3, 0.4) is 0 Å². The monoisotopic (exact) mass is 598 g/mol. The topological polar surface area (TPSA) is 108 Å². The molecular formula is C29H33ClFN6O3P. The number of para-hydroxylation sites is 1. The average molecular weight is 599 g/mol. The largest absolute Gasteiger partial charge is 0.461 e. The van der Waals surface area contributed by atoms with Crippen LogP contribution in [-0.4, -0.2) is 60.6 Å². The fourth-order valence-corrected chi connectivity index (χ4v) is 5.70. The number of carbonyl (C=O) groups is 1. The smallest absolute Gasteiger partial charge is 0.300 e. The summed E-state index contributed by atoms with van der Waals surface area (Å²) in [6, 6.07) is 12.0. The van der Waals surface area contributed by atoms with Gasteiger partial charge in [0.15, 0.2) is 5.82 Å². The molecule has 1 aromatic heterocycles. The van der Waals surface area contributed by atoms with Crippen molar-refractivity contribution in [1.29, 1.82) is 0 Å². The van der Waals surface area contributed by atoms with Gasteiger partial charge in [0, 0.05) is 24.0 Å². The van der Waals surface area contributed by atoms with E-state index in [1.807, 2.05) is 12.1 Å². The standard InChI is InChI=1S/C29H33ClFN6O3P/c1-41(2,39)26-11-5-4-10-23(26)35-28-22(30)19-32-29(36-28)33-21-13-14-25(40-20-31)24(18-21)34-27(38)12-6-9-17-37-15-7-3-8-16-37/h4-5,10-11,13-14,18-19H,3,7-9,15-17,20H2,1-2H3,(H,34,38)(H2,32,33,35,36). The van der Waals surface area contributed by atoms with E-state index in [0.717, 1.165) is 19.6 Å². The molecule has 1 fully saturated rings. The number of nitrogens with zero attached hydrogens (tertiary/aromatic N) is 3. The van der Waals surface area contributed by atoms with Crippen molar-refractivity contribution < 1.29 is 18.5 Å². The SMILES string of the molecule is CP(C)(=O)c1ccccc1Nc1nc(Nc2ccc(OCF)c(NC(=O)C#CCCN3CCCCC3)c2)ncc1Cl. The van der Waals surface area contributed by atoms with E-state index in [4.69, 9.17) is 16.3 Å². The van der Waals surface area contributed by atoms with Crippen LogP contribution in [0.5, 0.6) is 5.75 Å². The maximum Gasteiger partial charge on any atom is 0.300 e. The number of ether oxygens (including phenoxy) is 1. The lowest BCUT2D eigenvalue weighted by molar-refractivity contribution is -0.111. The number of hydrogen-bond acceptors (Lipinski definition) is 8. The number of likely N-dealkylation sites (tertiary alicyclic amines) is 1. The molecule has 3 aromatic rings. The molecule has 0 aliphatic carbocycles. The molecule has 0 atom stereocenters. The van der Waals surface area contributed by atoms with Crippen LogP contribution in [-0.2, 0) is 9.36 Å². The lowest BCUT2D eigenvalue weighted by Gasteiger charge is -2.25. The van der Waals surface area contributed by atoms with Crippen LogP contribution in [0.2, 0.25) is 5.02 Å². The summed E-state index contributed by atoms with van der Waals surface area (Å²) in [5, 5.41) is 9.82. The Balaban J connectivity index is 1.47. The third-order valence-electron chi connectivity index (χ3n) is 6.38. The molecule has 1 amide bonds. The molecule has 2 aromatic carbocycles. The van der Waals surface area contributed by atoms with Crippen molar-refractivity contribution in [3.63, 3.8) is 0 Å². The Morgan fingerprint density at radius 3 is 2.66 bits per heavy atom. The van der Waals surface area contributed by atoms with Gasteiger partial charge in [-0.25, -0.2) is 9.37 Å².